The van der Waals surface area contributed by atoms with Gasteiger partial charge in [0.05, 0.1) is 17.8 Å². The van der Waals surface area contributed by atoms with Gasteiger partial charge in [0.15, 0.2) is 0 Å². The zero-order valence-corrected chi connectivity index (χ0v) is 15.6. The molecule has 0 saturated heterocycles. The van der Waals surface area contributed by atoms with Crippen molar-refractivity contribution in [3.8, 4) is 0 Å². The highest BCUT2D eigenvalue weighted by atomic mass is 35.5. The second-order valence-corrected chi connectivity index (χ2v) is 6.15. The van der Waals surface area contributed by atoms with Gasteiger partial charge in [0, 0.05) is 34.9 Å². The molecule has 6 nitrogen and oxygen atoms in total. The summed E-state index contributed by atoms with van der Waals surface area (Å²) in [7, 11) is 1.56. The van der Waals surface area contributed by atoms with E-state index in [2.05, 4.69) is 15.6 Å². The Bertz CT molecular complexity index is 1000. The van der Waals surface area contributed by atoms with Crippen molar-refractivity contribution in [3.63, 3.8) is 0 Å². The molecule has 1 heterocycles. The summed E-state index contributed by atoms with van der Waals surface area (Å²) in [6.07, 6.45) is 1.47. The van der Waals surface area contributed by atoms with Crippen LogP contribution in [0, 0.1) is 0 Å². The first kappa shape index (κ1) is 18.7. The molecular weight excluding hydrogens is 366 g/mol. The third-order valence-corrected chi connectivity index (χ3v) is 4.22. The molecule has 0 aliphatic carbocycles. The van der Waals surface area contributed by atoms with E-state index in [1.165, 1.54) is 6.20 Å². The lowest BCUT2D eigenvalue weighted by molar-refractivity contribution is 0.0527. The Kier molecular flexibility index (Phi) is 5.57. The normalized spacial score (nSPS) is 10.5. The molecule has 3 aromatic rings. The molecule has 7 heteroatoms. The molecule has 0 saturated carbocycles. The molecule has 2 aromatic carbocycles. The molecule has 2 N–H and O–H groups in total. The topological polar surface area (TPSA) is 80.3 Å². The van der Waals surface area contributed by atoms with Crippen molar-refractivity contribution in [2.45, 2.75) is 6.92 Å². The molecule has 3 rings (SSSR count). The van der Waals surface area contributed by atoms with Crippen LogP contribution in [0.3, 0.4) is 0 Å². The van der Waals surface area contributed by atoms with E-state index in [1.807, 2.05) is 0 Å². The van der Waals surface area contributed by atoms with Gasteiger partial charge in [-0.1, -0.05) is 11.6 Å². The van der Waals surface area contributed by atoms with Crippen molar-refractivity contribution >= 4 is 45.8 Å². The van der Waals surface area contributed by atoms with E-state index in [1.54, 1.807) is 56.4 Å². The number of pyridine rings is 1. The van der Waals surface area contributed by atoms with Crippen LogP contribution in [0.25, 0.3) is 10.9 Å². The van der Waals surface area contributed by atoms with Gasteiger partial charge in [-0.25, -0.2) is 4.79 Å². The number of fused-ring (bicyclic) bond motifs is 1. The molecule has 0 spiro atoms. The minimum absolute atomic E-state index is 0.226. The van der Waals surface area contributed by atoms with Crippen LogP contribution in [-0.2, 0) is 4.74 Å². The van der Waals surface area contributed by atoms with Crippen molar-refractivity contribution in [2.24, 2.45) is 0 Å². The third-order valence-electron chi connectivity index (χ3n) is 3.97. The van der Waals surface area contributed by atoms with Gasteiger partial charge in [0.25, 0.3) is 5.91 Å². The number of nitrogens with zero attached hydrogens (tertiary/aromatic N) is 1. The minimum Gasteiger partial charge on any atom is -0.462 e. The number of halogens is 1. The molecular formula is C20H18ClN3O3. The fraction of sp³-hybridized carbons (Fsp3) is 0.150. The fourth-order valence-corrected chi connectivity index (χ4v) is 2.78. The summed E-state index contributed by atoms with van der Waals surface area (Å²) in [4.78, 5) is 28.8. The van der Waals surface area contributed by atoms with Gasteiger partial charge in [-0.15, -0.1) is 0 Å². The van der Waals surface area contributed by atoms with Gasteiger partial charge >= 0.3 is 5.97 Å². The molecule has 0 bridgehead atoms. The molecule has 0 fully saturated rings. The molecule has 27 heavy (non-hydrogen) atoms. The van der Waals surface area contributed by atoms with Crippen molar-refractivity contribution in [3.05, 3.63) is 64.8 Å². The number of hydrogen-bond acceptors (Lipinski definition) is 5. The van der Waals surface area contributed by atoms with Gasteiger partial charge in [-0.05, 0) is 49.4 Å². The maximum atomic E-state index is 12.4. The Labute approximate surface area is 161 Å². The lowest BCUT2D eigenvalue weighted by Crippen LogP contribution is -2.17. The smallest absolute Gasteiger partial charge is 0.341 e. The van der Waals surface area contributed by atoms with Gasteiger partial charge in [0.2, 0.25) is 0 Å². The predicted molar refractivity (Wildman–Crippen MR) is 106 cm³/mol. The van der Waals surface area contributed by atoms with E-state index in [4.69, 9.17) is 16.3 Å². The number of carbonyl (C=O) groups excluding carboxylic acids is 2. The summed E-state index contributed by atoms with van der Waals surface area (Å²) in [6, 6.07) is 12.2. The largest absolute Gasteiger partial charge is 0.462 e. The van der Waals surface area contributed by atoms with Crippen molar-refractivity contribution < 1.29 is 14.3 Å². The second kappa shape index (κ2) is 8.05. The quantitative estimate of drug-likeness (QED) is 0.646. The molecule has 0 aliphatic rings. The summed E-state index contributed by atoms with van der Waals surface area (Å²) >= 11 is 5.95. The van der Waals surface area contributed by atoms with E-state index in [9.17, 15) is 9.59 Å². The Morgan fingerprint density at radius 1 is 1.15 bits per heavy atom. The van der Waals surface area contributed by atoms with E-state index in [0.29, 0.717) is 27.2 Å². The molecule has 138 valence electrons. The molecule has 1 amide bonds. The summed E-state index contributed by atoms with van der Waals surface area (Å²) in [5, 5.41) is 7.07. The van der Waals surface area contributed by atoms with Gasteiger partial charge in [-0.3, -0.25) is 9.78 Å². The summed E-state index contributed by atoms with van der Waals surface area (Å²) < 4.78 is 5.15. The number of amides is 1. The number of carbonyl (C=O) groups is 2. The summed E-state index contributed by atoms with van der Waals surface area (Å²) in [6.45, 7) is 1.98. The highest BCUT2D eigenvalue weighted by molar-refractivity contribution is 6.30. The first-order chi connectivity index (χ1) is 13.0. The van der Waals surface area contributed by atoms with Crippen molar-refractivity contribution in [2.75, 3.05) is 19.0 Å². The predicted octanol–water partition coefficient (Wildman–Crippen LogP) is 4.17. The van der Waals surface area contributed by atoms with Crippen LogP contribution in [0.1, 0.15) is 27.6 Å². The lowest BCUT2D eigenvalue weighted by atomic mass is 10.1. The first-order valence-corrected chi connectivity index (χ1v) is 8.75. The number of rotatable bonds is 5. The van der Waals surface area contributed by atoms with Gasteiger partial charge in [0.1, 0.15) is 5.56 Å². The Morgan fingerprint density at radius 3 is 2.56 bits per heavy atom. The third kappa shape index (κ3) is 4.01. The van der Waals surface area contributed by atoms with Crippen LogP contribution < -0.4 is 10.6 Å². The van der Waals surface area contributed by atoms with Crippen LogP contribution >= 0.6 is 11.6 Å². The highest BCUT2D eigenvalue weighted by Gasteiger charge is 2.18. The highest BCUT2D eigenvalue weighted by Crippen LogP contribution is 2.31. The van der Waals surface area contributed by atoms with Crippen LogP contribution in [0.5, 0.6) is 0 Å². The summed E-state index contributed by atoms with van der Waals surface area (Å²) in [5.74, 6) is -0.718. The average Bonchev–Trinajstić information content (AvgIpc) is 2.69. The van der Waals surface area contributed by atoms with E-state index < -0.39 is 5.97 Å². The zero-order chi connectivity index (χ0) is 19.4. The number of aromatic nitrogens is 1. The SMILES string of the molecule is CCOC(=O)c1cnc2ccc(C(=O)NC)cc2c1Nc1ccc(Cl)cc1. The van der Waals surface area contributed by atoms with E-state index >= 15 is 0 Å². The Morgan fingerprint density at radius 2 is 1.89 bits per heavy atom. The molecule has 0 aliphatic heterocycles. The fourth-order valence-electron chi connectivity index (χ4n) is 2.65. The number of benzene rings is 2. The van der Waals surface area contributed by atoms with Crippen molar-refractivity contribution in [1.82, 2.24) is 10.3 Å². The second-order valence-electron chi connectivity index (χ2n) is 5.71. The molecule has 0 atom stereocenters. The van der Waals surface area contributed by atoms with Gasteiger partial charge in [-0.2, -0.15) is 0 Å². The minimum atomic E-state index is -0.492. The number of ether oxygens (including phenoxy) is 1. The van der Waals surface area contributed by atoms with Crippen LogP contribution in [0.15, 0.2) is 48.7 Å². The Hall–Kier alpha value is -3.12. The molecule has 1 aromatic heterocycles. The zero-order valence-electron chi connectivity index (χ0n) is 14.9. The van der Waals surface area contributed by atoms with E-state index in [0.717, 1.165) is 5.69 Å². The van der Waals surface area contributed by atoms with Crippen LogP contribution in [0.2, 0.25) is 5.02 Å². The number of hydrogen-bond donors (Lipinski definition) is 2. The first-order valence-electron chi connectivity index (χ1n) is 8.38. The average molecular weight is 384 g/mol. The van der Waals surface area contributed by atoms with Crippen LogP contribution in [-0.4, -0.2) is 30.5 Å². The maximum absolute atomic E-state index is 12.4. The number of nitrogens with one attached hydrogen (secondary N) is 2. The van der Waals surface area contributed by atoms with E-state index in [-0.39, 0.29) is 18.1 Å². The lowest BCUT2D eigenvalue weighted by Gasteiger charge is -2.15. The summed E-state index contributed by atoms with van der Waals surface area (Å²) in [5.41, 5.74) is 2.65. The standard InChI is InChI=1S/C20H18ClN3O3/c1-3-27-20(26)16-11-23-17-9-4-12(19(25)22-2)10-15(17)18(16)24-14-7-5-13(21)6-8-14/h4-11H,3H2,1-2H3,(H,22,25)(H,23,24). The Balaban J connectivity index is 2.19. The monoisotopic (exact) mass is 383 g/mol. The van der Waals surface area contributed by atoms with Gasteiger partial charge < -0.3 is 15.4 Å². The van der Waals surface area contributed by atoms with Crippen molar-refractivity contribution in [1.29, 1.82) is 0 Å². The number of esters is 1. The molecule has 0 unspecified atom stereocenters. The molecule has 0 radical (unpaired) electrons. The number of anilines is 2. The van der Waals surface area contributed by atoms with Crippen LogP contribution in [0.4, 0.5) is 11.4 Å². The maximum Gasteiger partial charge on any atom is 0.341 e.